The highest BCUT2D eigenvalue weighted by Gasteiger charge is 2.14. The first-order valence-corrected chi connectivity index (χ1v) is 9.17. The van der Waals surface area contributed by atoms with E-state index in [2.05, 4.69) is 15.6 Å². The van der Waals surface area contributed by atoms with Crippen molar-refractivity contribution in [3.63, 3.8) is 0 Å². The van der Waals surface area contributed by atoms with Gasteiger partial charge in [0.15, 0.2) is 0 Å². The van der Waals surface area contributed by atoms with Crippen LogP contribution in [0.15, 0.2) is 54.7 Å². The first-order valence-electron chi connectivity index (χ1n) is 9.17. The molecule has 6 nitrogen and oxygen atoms in total. The summed E-state index contributed by atoms with van der Waals surface area (Å²) in [7, 11) is 1.54. The Morgan fingerprint density at radius 2 is 1.55 bits per heavy atom. The molecule has 0 aliphatic heterocycles. The van der Waals surface area contributed by atoms with Gasteiger partial charge in [-0.3, -0.25) is 14.6 Å². The Hall–Kier alpha value is -3.67. The monoisotopic (exact) mass is 389 g/mol. The summed E-state index contributed by atoms with van der Waals surface area (Å²) in [5.74, 6) is -0.179. The summed E-state index contributed by atoms with van der Waals surface area (Å²) in [6.07, 6.45) is 1.44. The van der Waals surface area contributed by atoms with Gasteiger partial charge in [0.05, 0.1) is 12.8 Å². The van der Waals surface area contributed by atoms with Crippen molar-refractivity contribution in [2.75, 3.05) is 17.7 Å². The lowest BCUT2D eigenvalue weighted by molar-refractivity contribution is 0.102. The lowest BCUT2D eigenvalue weighted by Crippen LogP contribution is -2.17. The topological polar surface area (TPSA) is 80.3 Å². The Labute approximate surface area is 169 Å². The number of ether oxygens (including phenoxy) is 1. The van der Waals surface area contributed by atoms with Gasteiger partial charge in [0.1, 0.15) is 11.4 Å². The van der Waals surface area contributed by atoms with Gasteiger partial charge in [0.2, 0.25) is 0 Å². The fourth-order valence-electron chi connectivity index (χ4n) is 3.05. The number of aryl methyl sites for hydroxylation is 3. The highest BCUT2D eigenvalue weighted by Crippen LogP contribution is 2.25. The first kappa shape index (κ1) is 20.1. The standard InChI is InChI=1S/C23H23N3O3/c1-14-5-6-21(29-4)19(12-14)26-23(28)20-13-17(7-8-24-20)22(27)25-18-10-15(2)9-16(3)11-18/h5-13H,1-4H3,(H,25,27)(H,26,28). The molecule has 0 saturated carbocycles. The second-order valence-electron chi connectivity index (χ2n) is 6.92. The Morgan fingerprint density at radius 1 is 0.828 bits per heavy atom. The third-order valence-electron chi connectivity index (χ3n) is 4.34. The third kappa shape index (κ3) is 4.99. The van der Waals surface area contributed by atoms with Crippen LogP contribution in [0.25, 0.3) is 0 Å². The van der Waals surface area contributed by atoms with Crippen molar-refractivity contribution in [3.05, 3.63) is 82.7 Å². The Kier molecular flexibility index (Phi) is 5.93. The number of benzene rings is 2. The number of carbonyl (C=O) groups excluding carboxylic acids is 2. The van der Waals surface area contributed by atoms with E-state index < -0.39 is 5.91 Å². The van der Waals surface area contributed by atoms with E-state index in [1.165, 1.54) is 19.4 Å². The maximum atomic E-state index is 12.7. The fourth-order valence-corrected chi connectivity index (χ4v) is 3.05. The number of carbonyl (C=O) groups is 2. The molecular formula is C23H23N3O3. The van der Waals surface area contributed by atoms with Gasteiger partial charge >= 0.3 is 0 Å². The summed E-state index contributed by atoms with van der Waals surface area (Å²) in [6.45, 7) is 5.86. The zero-order valence-electron chi connectivity index (χ0n) is 16.9. The molecule has 1 heterocycles. The Morgan fingerprint density at radius 3 is 2.24 bits per heavy atom. The first-order chi connectivity index (χ1) is 13.9. The van der Waals surface area contributed by atoms with Crippen LogP contribution in [0.4, 0.5) is 11.4 Å². The highest BCUT2D eigenvalue weighted by molar-refractivity contribution is 6.08. The minimum absolute atomic E-state index is 0.140. The zero-order valence-corrected chi connectivity index (χ0v) is 16.9. The average Bonchev–Trinajstić information content (AvgIpc) is 2.67. The summed E-state index contributed by atoms with van der Waals surface area (Å²) in [6, 6.07) is 14.3. The van der Waals surface area contributed by atoms with Gasteiger partial charge in [-0.25, -0.2) is 0 Å². The van der Waals surface area contributed by atoms with E-state index in [0.717, 1.165) is 16.7 Å². The minimum atomic E-state index is -0.421. The molecule has 2 N–H and O–H groups in total. The third-order valence-corrected chi connectivity index (χ3v) is 4.34. The van der Waals surface area contributed by atoms with Gasteiger partial charge in [0, 0.05) is 17.4 Å². The Bertz CT molecular complexity index is 1060. The smallest absolute Gasteiger partial charge is 0.274 e. The molecule has 3 aromatic rings. The lowest BCUT2D eigenvalue weighted by atomic mass is 10.1. The number of anilines is 2. The molecule has 29 heavy (non-hydrogen) atoms. The largest absolute Gasteiger partial charge is 0.495 e. The van der Waals surface area contributed by atoms with Gasteiger partial charge < -0.3 is 15.4 Å². The number of methoxy groups -OCH3 is 1. The van der Waals surface area contributed by atoms with Gasteiger partial charge in [0.25, 0.3) is 11.8 Å². The van der Waals surface area contributed by atoms with E-state index in [9.17, 15) is 9.59 Å². The summed E-state index contributed by atoms with van der Waals surface area (Å²) in [5, 5.41) is 5.65. The molecule has 3 rings (SSSR count). The van der Waals surface area contributed by atoms with Crippen LogP contribution in [-0.2, 0) is 0 Å². The molecular weight excluding hydrogens is 366 g/mol. The molecule has 0 spiro atoms. The number of nitrogens with one attached hydrogen (secondary N) is 2. The van der Waals surface area contributed by atoms with E-state index in [4.69, 9.17) is 4.74 Å². The normalized spacial score (nSPS) is 10.3. The predicted octanol–water partition coefficient (Wildman–Crippen LogP) is 4.52. The van der Waals surface area contributed by atoms with Crippen LogP contribution in [0.3, 0.4) is 0 Å². The van der Waals surface area contributed by atoms with Crippen molar-refractivity contribution in [2.45, 2.75) is 20.8 Å². The van der Waals surface area contributed by atoms with Crippen LogP contribution in [0.5, 0.6) is 5.75 Å². The fraction of sp³-hybridized carbons (Fsp3) is 0.174. The summed E-state index contributed by atoms with van der Waals surface area (Å²) in [5.41, 5.74) is 4.84. The van der Waals surface area contributed by atoms with Crippen LogP contribution in [0.1, 0.15) is 37.5 Å². The van der Waals surface area contributed by atoms with Crippen molar-refractivity contribution in [1.29, 1.82) is 0 Å². The second-order valence-corrected chi connectivity index (χ2v) is 6.92. The number of hydrogen-bond acceptors (Lipinski definition) is 4. The molecule has 2 amide bonds. The maximum Gasteiger partial charge on any atom is 0.274 e. The molecule has 0 aliphatic rings. The molecule has 0 aliphatic carbocycles. The number of rotatable bonds is 5. The molecule has 0 saturated heterocycles. The van der Waals surface area contributed by atoms with Crippen molar-refractivity contribution < 1.29 is 14.3 Å². The number of nitrogens with zero attached hydrogens (tertiary/aromatic N) is 1. The molecule has 148 valence electrons. The molecule has 1 aromatic heterocycles. The number of hydrogen-bond donors (Lipinski definition) is 2. The molecule has 6 heteroatoms. The zero-order chi connectivity index (χ0) is 21.0. The van der Waals surface area contributed by atoms with Gasteiger partial charge in [-0.1, -0.05) is 12.1 Å². The molecule has 2 aromatic carbocycles. The van der Waals surface area contributed by atoms with Gasteiger partial charge in [-0.2, -0.15) is 0 Å². The second kappa shape index (κ2) is 8.56. The van der Waals surface area contributed by atoms with Crippen molar-refractivity contribution in [1.82, 2.24) is 4.98 Å². The minimum Gasteiger partial charge on any atom is -0.495 e. The van der Waals surface area contributed by atoms with Gasteiger partial charge in [-0.05, 0) is 73.9 Å². The Balaban J connectivity index is 1.79. The lowest BCUT2D eigenvalue weighted by Gasteiger charge is -2.11. The molecule has 0 radical (unpaired) electrons. The average molecular weight is 389 g/mol. The summed E-state index contributed by atoms with van der Waals surface area (Å²) in [4.78, 5) is 29.4. The van der Waals surface area contributed by atoms with Crippen LogP contribution in [-0.4, -0.2) is 23.9 Å². The van der Waals surface area contributed by atoms with E-state index in [1.807, 2.05) is 51.1 Å². The predicted molar refractivity (Wildman–Crippen MR) is 114 cm³/mol. The summed E-state index contributed by atoms with van der Waals surface area (Å²) >= 11 is 0. The summed E-state index contributed by atoms with van der Waals surface area (Å²) < 4.78 is 5.29. The van der Waals surface area contributed by atoms with Crippen LogP contribution in [0, 0.1) is 20.8 Å². The van der Waals surface area contributed by atoms with Crippen molar-refractivity contribution >= 4 is 23.2 Å². The van der Waals surface area contributed by atoms with Crippen LogP contribution >= 0.6 is 0 Å². The number of aromatic nitrogens is 1. The quantitative estimate of drug-likeness (QED) is 0.672. The molecule has 0 atom stereocenters. The molecule has 0 unspecified atom stereocenters. The van der Waals surface area contributed by atoms with E-state index >= 15 is 0 Å². The van der Waals surface area contributed by atoms with Crippen LogP contribution in [0.2, 0.25) is 0 Å². The van der Waals surface area contributed by atoms with Crippen molar-refractivity contribution in [2.24, 2.45) is 0 Å². The molecule has 0 fully saturated rings. The van der Waals surface area contributed by atoms with Crippen molar-refractivity contribution in [3.8, 4) is 5.75 Å². The SMILES string of the molecule is COc1ccc(C)cc1NC(=O)c1cc(C(=O)Nc2cc(C)cc(C)c2)ccn1. The van der Waals surface area contributed by atoms with Gasteiger partial charge in [-0.15, -0.1) is 0 Å². The van der Waals surface area contributed by atoms with Crippen LogP contribution < -0.4 is 15.4 Å². The maximum absolute atomic E-state index is 12.7. The van der Waals surface area contributed by atoms with E-state index in [-0.39, 0.29) is 11.6 Å². The number of pyridine rings is 1. The highest BCUT2D eigenvalue weighted by atomic mass is 16.5. The van der Waals surface area contributed by atoms with E-state index in [1.54, 1.807) is 12.1 Å². The van der Waals surface area contributed by atoms with E-state index in [0.29, 0.717) is 22.7 Å². The number of amides is 2. The molecule has 0 bridgehead atoms.